The first kappa shape index (κ1) is 21.7. The molecule has 144 valence electrons. The van der Waals surface area contributed by atoms with E-state index in [2.05, 4.69) is 10.6 Å². The number of rotatable bonds is 7. The second kappa shape index (κ2) is 9.36. The SMILES string of the molecule is CC(C)OC(=O)C[C@@H](NC(=O)[C@H](C)NC(=O)C(C)(C)C)c1ccccc1. The number of carbonyl (C=O) groups is 3. The summed E-state index contributed by atoms with van der Waals surface area (Å²) < 4.78 is 5.19. The van der Waals surface area contributed by atoms with Crippen molar-refractivity contribution in [3.63, 3.8) is 0 Å². The second-order valence-electron chi connectivity index (χ2n) is 7.66. The van der Waals surface area contributed by atoms with E-state index in [0.29, 0.717) is 0 Å². The molecule has 0 saturated heterocycles. The molecule has 26 heavy (non-hydrogen) atoms. The molecule has 1 aromatic rings. The summed E-state index contributed by atoms with van der Waals surface area (Å²) in [5.74, 6) is -0.954. The van der Waals surface area contributed by atoms with Gasteiger partial charge in [-0.1, -0.05) is 51.1 Å². The molecule has 0 radical (unpaired) electrons. The van der Waals surface area contributed by atoms with Crippen molar-refractivity contribution >= 4 is 17.8 Å². The van der Waals surface area contributed by atoms with E-state index in [1.165, 1.54) is 0 Å². The summed E-state index contributed by atoms with van der Waals surface area (Å²) in [7, 11) is 0. The van der Waals surface area contributed by atoms with Crippen LogP contribution in [0.5, 0.6) is 0 Å². The van der Waals surface area contributed by atoms with Gasteiger partial charge in [0.1, 0.15) is 6.04 Å². The normalized spacial score (nSPS) is 13.7. The highest BCUT2D eigenvalue weighted by molar-refractivity contribution is 5.89. The summed E-state index contributed by atoms with van der Waals surface area (Å²) in [6.45, 7) is 10.5. The molecule has 0 aliphatic heterocycles. The van der Waals surface area contributed by atoms with Gasteiger partial charge in [-0.05, 0) is 26.3 Å². The maximum absolute atomic E-state index is 12.5. The molecule has 0 spiro atoms. The number of benzene rings is 1. The summed E-state index contributed by atoms with van der Waals surface area (Å²) in [6.07, 6.45) is -0.201. The van der Waals surface area contributed by atoms with Crippen LogP contribution in [0.2, 0.25) is 0 Å². The summed E-state index contributed by atoms with van der Waals surface area (Å²) in [5.41, 5.74) is 0.213. The predicted octanol–water partition coefficient (Wildman–Crippen LogP) is 2.74. The Labute approximate surface area is 155 Å². The van der Waals surface area contributed by atoms with E-state index in [-0.39, 0.29) is 30.3 Å². The molecular weight excluding hydrogens is 332 g/mol. The fraction of sp³-hybridized carbons (Fsp3) is 0.550. The lowest BCUT2D eigenvalue weighted by Crippen LogP contribution is -2.49. The fourth-order valence-electron chi connectivity index (χ4n) is 2.19. The number of esters is 1. The fourth-order valence-corrected chi connectivity index (χ4v) is 2.19. The van der Waals surface area contributed by atoms with Gasteiger partial charge in [-0.2, -0.15) is 0 Å². The molecule has 0 heterocycles. The molecule has 0 saturated carbocycles. The maximum atomic E-state index is 12.5. The van der Waals surface area contributed by atoms with Crippen LogP contribution < -0.4 is 10.6 Å². The average Bonchev–Trinajstić information content (AvgIpc) is 2.53. The van der Waals surface area contributed by atoms with E-state index in [1.54, 1.807) is 41.5 Å². The Morgan fingerprint density at radius 3 is 2.08 bits per heavy atom. The topological polar surface area (TPSA) is 84.5 Å². The van der Waals surface area contributed by atoms with Crippen LogP contribution in [0, 0.1) is 5.41 Å². The zero-order chi connectivity index (χ0) is 19.9. The van der Waals surface area contributed by atoms with Crippen LogP contribution in [0.1, 0.15) is 59.6 Å². The van der Waals surface area contributed by atoms with E-state index < -0.39 is 17.5 Å². The lowest BCUT2D eigenvalue weighted by molar-refractivity contribution is -0.148. The molecule has 0 bridgehead atoms. The van der Waals surface area contributed by atoms with Crippen LogP contribution in [-0.4, -0.2) is 29.9 Å². The molecule has 6 nitrogen and oxygen atoms in total. The third-order valence-electron chi connectivity index (χ3n) is 3.68. The zero-order valence-corrected chi connectivity index (χ0v) is 16.5. The van der Waals surface area contributed by atoms with Gasteiger partial charge in [0.2, 0.25) is 11.8 Å². The number of hydrogen-bond donors (Lipinski definition) is 2. The van der Waals surface area contributed by atoms with Gasteiger partial charge >= 0.3 is 5.97 Å². The quantitative estimate of drug-likeness (QED) is 0.731. The Bertz CT molecular complexity index is 620. The molecule has 0 unspecified atom stereocenters. The van der Waals surface area contributed by atoms with Crippen LogP contribution in [0.4, 0.5) is 0 Å². The average molecular weight is 362 g/mol. The number of carbonyl (C=O) groups excluding carboxylic acids is 3. The smallest absolute Gasteiger partial charge is 0.308 e. The Balaban J connectivity index is 2.83. The first-order chi connectivity index (χ1) is 12.0. The predicted molar refractivity (Wildman–Crippen MR) is 100 cm³/mol. The Hall–Kier alpha value is -2.37. The summed E-state index contributed by atoms with van der Waals surface area (Å²) in [5, 5.41) is 5.53. The van der Waals surface area contributed by atoms with Gasteiger partial charge in [0.25, 0.3) is 0 Å². The highest BCUT2D eigenvalue weighted by Gasteiger charge is 2.27. The molecule has 1 aromatic carbocycles. The Kier molecular flexibility index (Phi) is 7.80. The Morgan fingerprint density at radius 1 is 1.00 bits per heavy atom. The molecule has 1 rings (SSSR count). The summed E-state index contributed by atoms with van der Waals surface area (Å²) >= 11 is 0. The van der Waals surface area contributed by atoms with Crippen molar-refractivity contribution in [1.29, 1.82) is 0 Å². The number of nitrogens with one attached hydrogen (secondary N) is 2. The van der Waals surface area contributed by atoms with Gasteiger partial charge in [0.05, 0.1) is 18.6 Å². The van der Waals surface area contributed by atoms with Crippen molar-refractivity contribution in [3.8, 4) is 0 Å². The third-order valence-corrected chi connectivity index (χ3v) is 3.68. The summed E-state index contributed by atoms with van der Waals surface area (Å²) in [6, 6.07) is 7.98. The minimum atomic E-state index is -0.714. The number of amides is 2. The molecular formula is C20H30N2O4. The van der Waals surface area contributed by atoms with Crippen molar-refractivity contribution in [1.82, 2.24) is 10.6 Å². The monoisotopic (exact) mass is 362 g/mol. The van der Waals surface area contributed by atoms with E-state index >= 15 is 0 Å². The van der Waals surface area contributed by atoms with Gasteiger partial charge in [-0.15, -0.1) is 0 Å². The van der Waals surface area contributed by atoms with Crippen LogP contribution in [0.15, 0.2) is 30.3 Å². The lowest BCUT2D eigenvalue weighted by Gasteiger charge is -2.24. The van der Waals surface area contributed by atoms with Crippen LogP contribution in [0.25, 0.3) is 0 Å². The van der Waals surface area contributed by atoms with Crippen molar-refractivity contribution in [2.45, 2.75) is 66.2 Å². The van der Waals surface area contributed by atoms with Gasteiger partial charge in [0.15, 0.2) is 0 Å². The van der Waals surface area contributed by atoms with Gasteiger partial charge in [-0.25, -0.2) is 0 Å². The van der Waals surface area contributed by atoms with Crippen molar-refractivity contribution in [2.75, 3.05) is 0 Å². The first-order valence-electron chi connectivity index (χ1n) is 8.86. The van der Waals surface area contributed by atoms with Gasteiger partial charge in [0, 0.05) is 5.41 Å². The Morgan fingerprint density at radius 2 is 1.58 bits per heavy atom. The molecule has 2 atom stereocenters. The van der Waals surface area contributed by atoms with Crippen molar-refractivity contribution in [3.05, 3.63) is 35.9 Å². The van der Waals surface area contributed by atoms with Crippen LogP contribution >= 0.6 is 0 Å². The van der Waals surface area contributed by atoms with E-state index in [4.69, 9.17) is 4.74 Å². The third kappa shape index (κ3) is 7.25. The van der Waals surface area contributed by atoms with Crippen LogP contribution in [0.3, 0.4) is 0 Å². The van der Waals surface area contributed by atoms with E-state index in [1.807, 2.05) is 30.3 Å². The standard InChI is InChI=1S/C20H30N2O4/c1-13(2)26-17(23)12-16(15-10-8-7-9-11-15)22-18(24)14(3)21-19(25)20(4,5)6/h7-11,13-14,16H,12H2,1-6H3,(H,21,25)(H,22,24)/t14-,16+/m0/s1. The minimum Gasteiger partial charge on any atom is -0.463 e. The van der Waals surface area contributed by atoms with Crippen LogP contribution in [-0.2, 0) is 19.1 Å². The lowest BCUT2D eigenvalue weighted by atomic mass is 9.95. The molecule has 2 N–H and O–H groups in total. The second-order valence-corrected chi connectivity index (χ2v) is 7.66. The molecule has 0 fully saturated rings. The first-order valence-corrected chi connectivity index (χ1v) is 8.86. The van der Waals surface area contributed by atoms with E-state index in [9.17, 15) is 14.4 Å². The minimum absolute atomic E-state index is 0.0217. The van der Waals surface area contributed by atoms with Gasteiger partial charge < -0.3 is 15.4 Å². The number of ether oxygens (including phenoxy) is 1. The molecule has 0 aliphatic carbocycles. The molecule has 0 aromatic heterocycles. The van der Waals surface area contributed by atoms with Crippen molar-refractivity contribution < 1.29 is 19.1 Å². The number of hydrogen-bond acceptors (Lipinski definition) is 4. The molecule has 2 amide bonds. The summed E-state index contributed by atoms with van der Waals surface area (Å²) in [4.78, 5) is 36.6. The highest BCUT2D eigenvalue weighted by atomic mass is 16.5. The van der Waals surface area contributed by atoms with E-state index in [0.717, 1.165) is 5.56 Å². The largest absolute Gasteiger partial charge is 0.463 e. The highest BCUT2D eigenvalue weighted by Crippen LogP contribution is 2.18. The van der Waals surface area contributed by atoms with Gasteiger partial charge in [-0.3, -0.25) is 14.4 Å². The maximum Gasteiger partial charge on any atom is 0.308 e. The molecule has 0 aliphatic rings. The molecule has 6 heteroatoms. The zero-order valence-electron chi connectivity index (χ0n) is 16.5. The van der Waals surface area contributed by atoms with Crippen molar-refractivity contribution in [2.24, 2.45) is 5.41 Å².